The van der Waals surface area contributed by atoms with Crippen molar-refractivity contribution in [3.8, 4) is 11.5 Å². The molecule has 0 aliphatic heterocycles. The number of halogens is 3. The van der Waals surface area contributed by atoms with Crippen LogP contribution < -0.4 is 10.5 Å². The molecule has 0 atom stereocenters. The van der Waals surface area contributed by atoms with Crippen molar-refractivity contribution in [2.75, 3.05) is 5.73 Å². The smallest absolute Gasteiger partial charge is 0.150 e. The number of benzene rings is 2. The molecule has 0 spiro atoms. The molecule has 2 nitrogen and oxygen atoms in total. The van der Waals surface area contributed by atoms with E-state index in [9.17, 15) is 4.39 Å². The topological polar surface area (TPSA) is 35.2 Å². The molecule has 0 unspecified atom stereocenters. The Hall–Kier alpha value is -1.26. The van der Waals surface area contributed by atoms with E-state index < -0.39 is 5.82 Å². The third-order valence-corrected chi connectivity index (χ3v) is 3.27. The van der Waals surface area contributed by atoms with E-state index in [4.69, 9.17) is 22.1 Å². The van der Waals surface area contributed by atoms with Gasteiger partial charge in [0.15, 0.2) is 5.75 Å². The van der Waals surface area contributed by atoms with Gasteiger partial charge >= 0.3 is 0 Å². The highest BCUT2D eigenvalue weighted by molar-refractivity contribution is 9.10. The summed E-state index contributed by atoms with van der Waals surface area (Å²) in [4.78, 5) is 0. The van der Waals surface area contributed by atoms with Crippen LogP contribution in [0.15, 0.2) is 34.8 Å². The number of nitrogens with two attached hydrogens (primary N) is 1. The zero-order valence-electron chi connectivity index (χ0n) is 9.51. The highest BCUT2D eigenvalue weighted by Crippen LogP contribution is 2.35. The maximum absolute atomic E-state index is 13.4. The van der Waals surface area contributed by atoms with Gasteiger partial charge in [-0.1, -0.05) is 17.7 Å². The maximum Gasteiger partial charge on any atom is 0.150 e. The van der Waals surface area contributed by atoms with Gasteiger partial charge < -0.3 is 10.5 Å². The van der Waals surface area contributed by atoms with Crippen LogP contribution >= 0.6 is 27.5 Å². The summed E-state index contributed by atoms with van der Waals surface area (Å²) in [5.74, 6) is 0.271. The van der Waals surface area contributed by atoms with Gasteiger partial charge in [0, 0.05) is 6.07 Å². The molecule has 0 heterocycles. The molecule has 2 rings (SSSR count). The van der Waals surface area contributed by atoms with Crippen LogP contribution in [0.1, 0.15) is 5.56 Å². The molecule has 94 valence electrons. The molecular weight excluding hydrogens is 321 g/mol. The third kappa shape index (κ3) is 2.76. The van der Waals surface area contributed by atoms with Gasteiger partial charge in [-0.3, -0.25) is 0 Å². The number of rotatable bonds is 2. The molecule has 0 radical (unpaired) electrons. The van der Waals surface area contributed by atoms with E-state index >= 15 is 0 Å². The molecule has 0 aliphatic rings. The Kier molecular flexibility index (Phi) is 3.78. The molecule has 0 saturated heterocycles. The van der Waals surface area contributed by atoms with Gasteiger partial charge in [0.25, 0.3) is 0 Å². The van der Waals surface area contributed by atoms with E-state index in [1.54, 1.807) is 12.1 Å². The average molecular weight is 331 g/mol. The minimum Gasteiger partial charge on any atom is -0.454 e. The molecular formula is C13H10BrClFNO. The largest absolute Gasteiger partial charge is 0.454 e. The lowest BCUT2D eigenvalue weighted by molar-refractivity contribution is 0.475. The number of hydrogen-bond donors (Lipinski definition) is 1. The fraction of sp³-hybridized carbons (Fsp3) is 0.0769. The lowest BCUT2D eigenvalue weighted by atomic mass is 10.2. The van der Waals surface area contributed by atoms with E-state index in [1.165, 1.54) is 12.1 Å². The molecule has 2 aromatic rings. The molecule has 2 aromatic carbocycles. The van der Waals surface area contributed by atoms with Crippen molar-refractivity contribution in [3.05, 3.63) is 51.2 Å². The predicted octanol–water partition coefficient (Wildman–Crippen LogP) is 4.92. The molecule has 2 N–H and O–H groups in total. The Morgan fingerprint density at radius 1 is 1.22 bits per heavy atom. The number of nitrogen functional groups attached to an aromatic ring is 1. The van der Waals surface area contributed by atoms with Crippen molar-refractivity contribution < 1.29 is 9.13 Å². The summed E-state index contributed by atoms with van der Waals surface area (Å²) in [6.07, 6.45) is 0. The van der Waals surface area contributed by atoms with Crippen LogP contribution in [0, 0.1) is 12.7 Å². The molecule has 0 aromatic heterocycles. The van der Waals surface area contributed by atoms with Crippen molar-refractivity contribution in [2.24, 2.45) is 0 Å². The van der Waals surface area contributed by atoms with Gasteiger partial charge in [-0.2, -0.15) is 0 Å². The van der Waals surface area contributed by atoms with Crippen LogP contribution in [-0.2, 0) is 0 Å². The van der Waals surface area contributed by atoms with Crippen LogP contribution in [0.25, 0.3) is 0 Å². The molecule has 0 saturated carbocycles. The monoisotopic (exact) mass is 329 g/mol. The first-order valence-electron chi connectivity index (χ1n) is 5.16. The van der Waals surface area contributed by atoms with Crippen molar-refractivity contribution in [3.63, 3.8) is 0 Å². The van der Waals surface area contributed by atoms with Crippen molar-refractivity contribution >= 4 is 33.2 Å². The summed E-state index contributed by atoms with van der Waals surface area (Å²) in [6, 6.07) is 8.06. The van der Waals surface area contributed by atoms with Gasteiger partial charge in [0.05, 0.1) is 15.2 Å². The van der Waals surface area contributed by atoms with Gasteiger partial charge in [0.2, 0.25) is 0 Å². The van der Waals surface area contributed by atoms with Gasteiger partial charge in [-0.25, -0.2) is 4.39 Å². The Bertz CT molecular complexity index is 604. The summed E-state index contributed by atoms with van der Waals surface area (Å²) < 4.78 is 19.5. The third-order valence-electron chi connectivity index (χ3n) is 2.36. The summed E-state index contributed by atoms with van der Waals surface area (Å²) >= 11 is 8.93. The molecule has 18 heavy (non-hydrogen) atoms. The SMILES string of the molecule is Cc1ccc(N)c(Oc2cc(F)c(Cl)cc2Br)c1. The van der Waals surface area contributed by atoms with Gasteiger partial charge in [-0.05, 0) is 46.6 Å². The first kappa shape index (κ1) is 13.2. The van der Waals surface area contributed by atoms with Crippen molar-refractivity contribution in [2.45, 2.75) is 6.92 Å². The number of anilines is 1. The first-order chi connectivity index (χ1) is 8.47. The zero-order chi connectivity index (χ0) is 13.3. The fourth-order valence-corrected chi connectivity index (χ4v) is 2.15. The average Bonchev–Trinajstić information content (AvgIpc) is 2.30. The normalized spacial score (nSPS) is 10.4. The lowest BCUT2D eigenvalue weighted by Gasteiger charge is -2.11. The predicted molar refractivity (Wildman–Crippen MR) is 74.8 cm³/mol. The van der Waals surface area contributed by atoms with Gasteiger partial charge in [0.1, 0.15) is 11.6 Å². The van der Waals surface area contributed by atoms with E-state index in [0.717, 1.165) is 5.56 Å². The number of aryl methyl sites for hydroxylation is 1. The summed E-state index contributed by atoms with van der Waals surface area (Å²) in [5.41, 5.74) is 7.29. The van der Waals surface area contributed by atoms with E-state index in [1.807, 2.05) is 13.0 Å². The van der Waals surface area contributed by atoms with E-state index in [2.05, 4.69) is 15.9 Å². The lowest BCUT2D eigenvalue weighted by Crippen LogP contribution is -1.94. The molecule has 0 fully saturated rings. The quantitative estimate of drug-likeness (QED) is 0.626. The van der Waals surface area contributed by atoms with Crippen molar-refractivity contribution in [1.29, 1.82) is 0 Å². The Balaban J connectivity index is 2.40. The fourth-order valence-electron chi connectivity index (χ4n) is 1.43. The molecule has 0 aliphatic carbocycles. The molecule has 0 bridgehead atoms. The molecule has 5 heteroatoms. The Labute approximate surface area is 118 Å². The van der Waals surface area contributed by atoms with Crippen LogP contribution in [0.2, 0.25) is 5.02 Å². The second-order valence-electron chi connectivity index (χ2n) is 3.84. The summed E-state index contributed by atoms with van der Waals surface area (Å²) in [6.45, 7) is 1.92. The molecule has 0 amide bonds. The second-order valence-corrected chi connectivity index (χ2v) is 5.10. The summed E-state index contributed by atoms with van der Waals surface area (Å²) in [5, 5.41) is 0.0337. The van der Waals surface area contributed by atoms with Crippen molar-refractivity contribution in [1.82, 2.24) is 0 Å². The van der Waals surface area contributed by atoms with Crippen LogP contribution in [0.4, 0.5) is 10.1 Å². The number of ether oxygens (including phenoxy) is 1. The Morgan fingerprint density at radius 2 is 1.94 bits per heavy atom. The zero-order valence-corrected chi connectivity index (χ0v) is 11.8. The standard InChI is InChI=1S/C13H10BrClFNO/c1-7-2-3-11(17)13(4-7)18-12-6-10(16)9(15)5-8(12)14/h2-6H,17H2,1H3. The second kappa shape index (κ2) is 5.16. The highest BCUT2D eigenvalue weighted by atomic mass is 79.9. The maximum atomic E-state index is 13.4. The van der Waals surface area contributed by atoms with E-state index in [0.29, 0.717) is 21.7 Å². The van der Waals surface area contributed by atoms with Crippen LogP contribution in [0.3, 0.4) is 0 Å². The minimum absolute atomic E-state index is 0.0337. The van der Waals surface area contributed by atoms with E-state index in [-0.39, 0.29) is 5.02 Å². The number of hydrogen-bond acceptors (Lipinski definition) is 2. The summed E-state index contributed by atoms with van der Waals surface area (Å²) in [7, 11) is 0. The first-order valence-corrected chi connectivity index (χ1v) is 6.33. The van der Waals surface area contributed by atoms with Crippen LogP contribution in [0.5, 0.6) is 11.5 Å². The highest BCUT2D eigenvalue weighted by Gasteiger charge is 2.10. The van der Waals surface area contributed by atoms with Crippen LogP contribution in [-0.4, -0.2) is 0 Å². The minimum atomic E-state index is -0.541. The van der Waals surface area contributed by atoms with Gasteiger partial charge in [-0.15, -0.1) is 0 Å². The Morgan fingerprint density at radius 3 is 2.67 bits per heavy atom.